The van der Waals surface area contributed by atoms with E-state index in [1.54, 1.807) is 19.2 Å². The van der Waals surface area contributed by atoms with Gasteiger partial charge in [0.05, 0.1) is 13.0 Å². The molecule has 7 heteroatoms. The number of benzene rings is 1. The van der Waals surface area contributed by atoms with E-state index >= 15 is 0 Å². The number of hydrogen-bond donors (Lipinski definition) is 3. The van der Waals surface area contributed by atoms with Crippen LogP contribution in [0.1, 0.15) is 11.6 Å². The molecule has 3 N–H and O–H groups in total. The fourth-order valence-corrected chi connectivity index (χ4v) is 1.60. The third-order valence-corrected chi connectivity index (χ3v) is 2.73. The van der Waals surface area contributed by atoms with Crippen molar-refractivity contribution >= 4 is 23.2 Å². The summed E-state index contributed by atoms with van der Waals surface area (Å²) in [7, 11) is 1.58. The molecule has 1 heterocycles. The average molecular weight is 280 g/mol. The topological polar surface area (TPSA) is 82.7 Å². The van der Waals surface area contributed by atoms with E-state index in [0.29, 0.717) is 23.2 Å². The molecule has 1 aromatic carbocycles. The molecule has 0 aliphatic heterocycles. The van der Waals surface area contributed by atoms with E-state index in [0.717, 1.165) is 5.69 Å². The molecular formula is C12H14ClN5O. The summed E-state index contributed by atoms with van der Waals surface area (Å²) in [6.45, 7) is 0.502. The van der Waals surface area contributed by atoms with Gasteiger partial charge in [-0.2, -0.15) is 5.10 Å². The van der Waals surface area contributed by atoms with Gasteiger partial charge in [-0.25, -0.2) is 4.98 Å². The predicted octanol–water partition coefficient (Wildman–Crippen LogP) is 1.36. The summed E-state index contributed by atoms with van der Waals surface area (Å²) in [4.78, 5) is 15.4. The highest BCUT2D eigenvalue weighted by atomic mass is 35.5. The Labute approximate surface area is 115 Å². The molecule has 0 radical (unpaired) electrons. The minimum Gasteiger partial charge on any atom is -0.378 e. The third-order valence-electron chi connectivity index (χ3n) is 2.48. The van der Waals surface area contributed by atoms with Gasteiger partial charge in [-0.3, -0.25) is 9.89 Å². The van der Waals surface area contributed by atoms with Crippen molar-refractivity contribution in [1.82, 2.24) is 20.5 Å². The van der Waals surface area contributed by atoms with Gasteiger partial charge in [-0.1, -0.05) is 11.6 Å². The number of nitrogens with zero attached hydrogens (tertiary/aromatic N) is 2. The van der Waals surface area contributed by atoms with Crippen LogP contribution in [0.4, 0.5) is 5.69 Å². The number of likely N-dealkylation sites (N-methyl/N-ethyl adjacent to an activating group) is 1. The van der Waals surface area contributed by atoms with Crippen molar-refractivity contribution in [2.24, 2.45) is 0 Å². The van der Waals surface area contributed by atoms with E-state index in [1.165, 1.54) is 0 Å². The summed E-state index contributed by atoms with van der Waals surface area (Å²) in [6.07, 6.45) is 0.175. The van der Waals surface area contributed by atoms with Gasteiger partial charge in [0, 0.05) is 17.8 Å². The fourth-order valence-electron chi connectivity index (χ4n) is 1.48. The summed E-state index contributed by atoms with van der Waals surface area (Å²) in [5, 5.41) is 13.2. The zero-order chi connectivity index (χ0) is 13.7. The molecule has 0 aliphatic rings. The summed E-state index contributed by atoms with van der Waals surface area (Å²) in [6, 6.07) is 7.37. The highest BCUT2D eigenvalue weighted by molar-refractivity contribution is 6.30. The molecule has 0 unspecified atom stereocenters. The van der Waals surface area contributed by atoms with Gasteiger partial charge in [0.25, 0.3) is 0 Å². The lowest BCUT2D eigenvalue weighted by molar-refractivity contribution is -0.120. The Balaban J connectivity index is 1.89. The number of H-pyrrole nitrogens is 1. The Kier molecular flexibility index (Phi) is 4.35. The van der Waals surface area contributed by atoms with Crippen LogP contribution in [-0.4, -0.2) is 28.1 Å². The Morgan fingerprint density at radius 1 is 1.37 bits per heavy atom. The van der Waals surface area contributed by atoms with Gasteiger partial charge in [0.15, 0.2) is 5.82 Å². The van der Waals surface area contributed by atoms with Crippen LogP contribution in [0.25, 0.3) is 0 Å². The summed E-state index contributed by atoms with van der Waals surface area (Å²) in [5.74, 6) is 1.04. The number of halogens is 1. The summed E-state index contributed by atoms with van der Waals surface area (Å²) < 4.78 is 0. The number of aromatic nitrogens is 3. The fraction of sp³-hybridized carbons (Fsp3) is 0.250. The number of carbonyl (C=O) groups is 1. The molecule has 2 aromatic rings. The molecule has 0 atom stereocenters. The number of carbonyl (C=O) groups excluding carboxylic acids is 1. The zero-order valence-electron chi connectivity index (χ0n) is 10.4. The third kappa shape index (κ3) is 3.96. The van der Waals surface area contributed by atoms with Crippen LogP contribution in [0.3, 0.4) is 0 Å². The van der Waals surface area contributed by atoms with Crippen LogP contribution in [0, 0.1) is 0 Å². The number of nitrogens with one attached hydrogen (secondary N) is 3. The first-order valence-corrected chi connectivity index (χ1v) is 6.15. The number of hydrogen-bond acceptors (Lipinski definition) is 4. The maximum absolute atomic E-state index is 11.2. The molecule has 0 saturated heterocycles. The van der Waals surface area contributed by atoms with E-state index in [1.807, 2.05) is 12.1 Å². The average Bonchev–Trinajstić information content (AvgIpc) is 2.85. The monoisotopic (exact) mass is 279 g/mol. The second kappa shape index (κ2) is 6.19. The van der Waals surface area contributed by atoms with Crippen LogP contribution in [0.15, 0.2) is 24.3 Å². The molecule has 100 valence electrons. The molecule has 0 fully saturated rings. The van der Waals surface area contributed by atoms with Gasteiger partial charge < -0.3 is 10.6 Å². The highest BCUT2D eigenvalue weighted by Gasteiger charge is 2.07. The van der Waals surface area contributed by atoms with E-state index in [9.17, 15) is 4.79 Å². The lowest BCUT2D eigenvalue weighted by Crippen LogP contribution is -2.20. The number of aromatic amines is 1. The van der Waals surface area contributed by atoms with E-state index in [2.05, 4.69) is 25.8 Å². The van der Waals surface area contributed by atoms with Crippen molar-refractivity contribution in [3.05, 3.63) is 40.9 Å². The molecule has 19 heavy (non-hydrogen) atoms. The van der Waals surface area contributed by atoms with Crippen LogP contribution >= 0.6 is 11.6 Å². The van der Waals surface area contributed by atoms with Crippen LogP contribution in [0.5, 0.6) is 0 Å². The first kappa shape index (κ1) is 13.4. The molecular weight excluding hydrogens is 266 g/mol. The number of rotatable bonds is 5. The lowest BCUT2D eigenvalue weighted by Gasteiger charge is -2.03. The van der Waals surface area contributed by atoms with E-state index in [-0.39, 0.29) is 12.3 Å². The van der Waals surface area contributed by atoms with Gasteiger partial charge in [-0.15, -0.1) is 0 Å². The standard InChI is InChI=1S/C12H14ClN5O/c1-14-12(19)6-10-16-11(18-17-10)7-15-9-4-2-8(13)3-5-9/h2-5,15H,6-7H2,1H3,(H,14,19)(H,16,17,18). The molecule has 1 aromatic heterocycles. The van der Waals surface area contributed by atoms with Gasteiger partial charge in [-0.05, 0) is 24.3 Å². The molecule has 6 nitrogen and oxygen atoms in total. The SMILES string of the molecule is CNC(=O)Cc1n[nH]c(CNc2ccc(Cl)cc2)n1. The summed E-state index contributed by atoms with van der Waals surface area (Å²) >= 11 is 5.80. The van der Waals surface area contributed by atoms with Gasteiger partial charge >= 0.3 is 0 Å². The molecule has 0 spiro atoms. The van der Waals surface area contributed by atoms with Crippen molar-refractivity contribution in [3.8, 4) is 0 Å². The number of amides is 1. The van der Waals surface area contributed by atoms with E-state index < -0.39 is 0 Å². The first-order chi connectivity index (χ1) is 9.17. The van der Waals surface area contributed by atoms with Crippen molar-refractivity contribution in [3.63, 3.8) is 0 Å². The Morgan fingerprint density at radius 2 is 2.11 bits per heavy atom. The minimum atomic E-state index is -0.115. The molecule has 1 amide bonds. The Morgan fingerprint density at radius 3 is 2.79 bits per heavy atom. The second-order valence-electron chi connectivity index (χ2n) is 3.91. The van der Waals surface area contributed by atoms with Gasteiger partial charge in [0.2, 0.25) is 5.91 Å². The van der Waals surface area contributed by atoms with Crippen LogP contribution in [-0.2, 0) is 17.8 Å². The molecule has 0 saturated carbocycles. The van der Waals surface area contributed by atoms with Crippen LogP contribution in [0.2, 0.25) is 5.02 Å². The molecule has 2 rings (SSSR count). The minimum absolute atomic E-state index is 0.115. The van der Waals surface area contributed by atoms with Crippen LogP contribution < -0.4 is 10.6 Å². The van der Waals surface area contributed by atoms with Crippen molar-refractivity contribution < 1.29 is 4.79 Å². The predicted molar refractivity (Wildman–Crippen MR) is 72.9 cm³/mol. The highest BCUT2D eigenvalue weighted by Crippen LogP contribution is 2.13. The Bertz CT molecular complexity index is 552. The normalized spacial score (nSPS) is 10.2. The molecule has 0 aliphatic carbocycles. The smallest absolute Gasteiger partial charge is 0.227 e. The summed E-state index contributed by atoms with van der Waals surface area (Å²) in [5.41, 5.74) is 0.939. The quantitative estimate of drug-likeness (QED) is 0.772. The lowest BCUT2D eigenvalue weighted by atomic mass is 10.3. The first-order valence-electron chi connectivity index (χ1n) is 5.77. The van der Waals surface area contributed by atoms with Gasteiger partial charge in [0.1, 0.15) is 5.82 Å². The number of anilines is 1. The van der Waals surface area contributed by atoms with E-state index in [4.69, 9.17) is 11.6 Å². The Hall–Kier alpha value is -2.08. The maximum Gasteiger partial charge on any atom is 0.227 e. The zero-order valence-corrected chi connectivity index (χ0v) is 11.2. The maximum atomic E-state index is 11.2. The molecule has 0 bridgehead atoms. The largest absolute Gasteiger partial charge is 0.378 e. The van der Waals surface area contributed by atoms with Crippen molar-refractivity contribution in [1.29, 1.82) is 0 Å². The second-order valence-corrected chi connectivity index (χ2v) is 4.35. The van der Waals surface area contributed by atoms with Crippen molar-refractivity contribution in [2.45, 2.75) is 13.0 Å². The van der Waals surface area contributed by atoms with Crippen molar-refractivity contribution in [2.75, 3.05) is 12.4 Å².